The fourth-order valence-corrected chi connectivity index (χ4v) is 4.54. The first kappa shape index (κ1) is 18.3. The van der Waals surface area contributed by atoms with Gasteiger partial charge in [0.25, 0.3) is 0 Å². The lowest BCUT2D eigenvalue weighted by Gasteiger charge is -2.40. The quantitative estimate of drug-likeness (QED) is 0.783. The molecule has 0 saturated carbocycles. The van der Waals surface area contributed by atoms with Gasteiger partial charge in [0.2, 0.25) is 0 Å². The lowest BCUT2D eigenvalue weighted by molar-refractivity contribution is 0.0990. The average molecular weight is 375 g/mol. The van der Waals surface area contributed by atoms with E-state index < -0.39 is 0 Å². The van der Waals surface area contributed by atoms with Crippen molar-refractivity contribution >= 4 is 34.4 Å². The third kappa shape index (κ3) is 5.01. The largest absolute Gasteiger partial charge is 0.358 e. The summed E-state index contributed by atoms with van der Waals surface area (Å²) in [7, 11) is 2.19. The van der Waals surface area contributed by atoms with E-state index in [9.17, 15) is 0 Å². The summed E-state index contributed by atoms with van der Waals surface area (Å²) in [5.41, 5.74) is 1.01. The van der Waals surface area contributed by atoms with E-state index in [1.54, 1.807) is 0 Å². The van der Waals surface area contributed by atoms with E-state index in [1.165, 1.54) is 4.88 Å². The highest BCUT2D eigenvalue weighted by molar-refractivity contribution is 7.80. The van der Waals surface area contributed by atoms with Crippen molar-refractivity contribution in [3.05, 3.63) is 52.7 Å². The van der Waals surface area contributed by atoms with Gasteiger partial charge in [0.15, 0.2) is 5.11 Å². The predicted molar refractivity (Wildman–Crippen MR) is 111 cm³/mol. The Balaban J connectivity index is 1.66. The molecule has 1 aromatic heterocycles. The van der Waals surface area contributed by atoms with Gasteiger partial charge in [-0.1, -0.05) is 24.3 Å². The minimum atomic E-state index is 0.228. The van der Waals surface area contributed by atoms with Crippen molar-refractivity contribution < 1.29 is 0 Å². The van der Waals surface area contributed by atoms with Gasteiger partial charge in [-0.15, -0.1) is 11.3 Å². The number of rotatable bonds is 5. The predicted octanol–water partition coefficient (Wildman–Crippen LogP) is 3.41. The van der Waals surface area contributed by atoms with Gasteiger partial charge < -0.3 is 15.5 Å². The maximum absolute atomic E-state index is 5.54. The number of nitrogens with zero attached hydrogens (tertiary/aromatic N) is 2. The maximum Gasteiger partial charge on any atom is 0.171 e. The standard InChI is InChI=1S/C19H26N4S2/c1-15(20-19(24)21-16-7-4-3-5-8-16)18(17-9-6-14-25-17)23-12-10-22(2)11-13-23/h3-9,14-15,18H,10-13H2,1-2H3,(H2,20,21,24)/t15-,18-/m0/s1. The number of thiocarbonyl (C=S) groups is 1. The molecule has 1 aromatic carbocycles. The number of para-hydroxylation sites is 1. The van der Waals surface area contributed by atoms with Gasteiger partial charge in [-0.3, -0.25) is 4.90 Å². The lowest BCUT2D eigenvalue weighted by Crippen LogP contribution is -2.51. The molecule has 3 rings (SSSR count). The number of benzene rings is 1. The third-order valence-corrected chi connectivity index (χ3v) is 5.79. The molecule has 0 bridgehead atoms. The topological polar surface area (TPSA) is 30.5 Å². The van der Waals surface area contributed by atoms with Crippen LogP contribution in [0.15, 0.2) is 47.8 Å². The Morgan fingerprint density at radius 1 is 1.08 bits per heavy atom. The SMILES string of the molecule is C[C@H](NC(=S)Nc1ccccc1)[C@@H](c1cccs1)N1CCN(C)CC1. The molecule has 0 unspecified atom stereocenters. The summed E-state index contributed by atoms with van der Waals surface area (Å²) in [6.07, 6.45) is 0. The number of piperazine rings is 1. The molecule has 1 aliphatic rings. The van der Waals surface area contributed by atoms with Crippen molar-refractivity contribution in [3.8, 4) is 0 Å². The second kappa shape index (κ2) is 8.76. The number of likely N-dealkylation sites (N-methyl/N-ethyl adjacent to an activating group) is 1. The lowest BCUT2D eigenvalue weighted by atomic mass is 10.1. The van der Waals surface area contributed by atoms with Gasteiger partial charge in [-0.2, -0.15) is 0 Å². The molecule has 0 radical (unpaired) electrons. The van der Waals surface area contributed by atoms with Crippen LogP contribution in [0.5, 0.6) is 0 Å². The van der Waals surface area contributed by atoms with Crippen molar-refractivity contribution in [1.29, 1.82) is 0 Å². The van der Waals surface area contributed by atoms with E-state index in [0.717, 1.165) is 31.9 Å². The van der Waals surface area contributed by atoms with E-state index in [2.05, 4.69) is 51.9 Å². The molecule has 4 nitrogen and oxygen atoms in total. The summed E-state index contributed by atoms with van der Waals surface area (Å²) in [6, 6.07) is 15.0. The molecule has 134 valence electrons. The molecule has 2 atom stereocenters. The number of anilines is 1. The Bertz CT molecular complexity index is 651. The molecule has 0 amide bonds. The third-order valence-electron chi connectivity index (χ3n) is 4.63. The van der Waals surface area contributed by atoms with Gasteiger partial charge >= 0.3 is 0 Å². The van der Waals surface area contributed by atoms with E-state index in [4.69, 9.17) is 12.2 Å². The van der Waals surface area contributed by atoms with Crippen molar-refractivity contribution in [2.45, 2.75) is 19.0 Å². The molecule has 25 heavy (non-hydrogen) atoms. The second-order valence-corrected chi connectivity index (χ2v) is 7.94. The highest BCUT2D eigenvalue weighted by Crippen LogP contribution is 2.29. The van der Waals surface area contributed by atoms with Crippen LogP contribution in [0.2, 0.25) is 0 Å². The van der Waals surface area contributed by atoms with Gasteiger partial charge in [0.1, 0.15) is 0 Å². The van der Waals surface area contributed by atoms with Crippen LogP contribution in [-0.4, -0.2) is 54.2 Å². The Kier molecular flexibility index (Phi) is 6.42. The zero-order valence-electron chi connectivity index (χ0n) is 14.8. The summed E-state index contributed by atoms with van der Waals surface area (Å²) in [5, 5.41) is 9.61. The first-order valence-corrected chi connectivity index (χ1v) is 10.0. The minimum Gasteiger partial charge on any atom is -0.358 e. The molecular formula is C19H26N4S2. The molecule has 2 heterocycles. The maximum atomic E-state index is 5.54. The summed E-state index contributed by atoms with van der Waals surface area (Å²) in [4.78, 5) is 6.36. The van der Waals surface area contributed by atoms with Crippen LogP contribution in [-0.2, 0) is 0 Å². The Labute approximate surface area is 159 Å². The second-order valence-electron chi connectivity index (χ2n) is 6.55. The van der Waals surface area contributed by atoms with Gasteiger partial charge in [0.05, 0.1) is 6.04 Å². The summed E-state index contributed by atoms with van der Waals surface area (Å²) < 4.78 is 0. The molecule has 1 aliphatic heterocycles. The van der Waals surface area contributed by atoms with Crippen molar-refractivity contribution in [3.63, 3.8) is 0 Å². The molecule has 6 heteroatoms. The average Bonchev–Trinajstić information content (AvgIpc) is 3.11. The minimum absolute atomic E-state index is 0.228. The summed E-state index contributed by atoms with van der Waals surface area (Å²) in [6.45, 7) is 6.62. The van der Waals surface area contributed by atoms with Gasteiger partial charge in [-0.25, -0.2) is 0 Å². The Hall–Kier alpha value is -1.47. The first-order valence-electron chi connectivity index (χ1n) is 8.72. The molecule has 2 aromatic rings. The van der Waals surface area contributed by atoms with Crippen molar-refractivity contribution in [1.82, 2.24) is 15.1 Å². The molecule has 1 fully saturated rings. The van der Waals surface area contributed by atoms with Gasteiger partial charge in [-0.05, 0) is 49.8 Å². The zero-order valence-corrected chi connectivity index (χ0v) is 16.4. The molecular weight excluding hydrogens is 348 g/mol. The van der Waals surface area contributed by atoms with Crippen molar-refractivity contribution in [2.75, 3.05) is 38.5 Å². The zero-order chi connectivity index (χ0) is 17.6. The summed E-state index contributed by atoms with van der Waals surface area (Å²) in [5.74, 6) is 0. The van der Waals surface area contributed by atoms with E-state index in [-0.39, 0.29) is 6.04 Å². The molecule has 1 saturated heterocycles. The molecule has 0 spiro atoms. The first-order chi connectivity index (χ1) is 12.1. The highest BCUT2D eigenvalue weighted by Gasteiger charge is 2.29. The fraction of sp³-hybridized carbons (Fsp3) is 0.421. The molecule has 2 N–H and O–H groups in total. The van der Waals surface area contributed by atoms with Crippen molar-refractivity contribution in [2.24, 2.45) is 0 Å². The number of hydrogen-bond donors (Lipinski definition) is 2. The van der Waals surface area contributed by atoms with Crippen LogP contribution in [0.3, 0.4) is 0 Å². The normalized spacial score (nSPS) is 18.5. The number of hydrogen-bond acceptors (Lipinski definition) is 4. The van der Waals surface area contributed by atoms with Crippen LogP contribution in [0.25, 0.3) is 0 Å². The number of nitrogens with one attached hydrogen (secondary N) is 2. The number of thiophene rings is 1. The molecule has 0 aliphatic carbocycles. The Morgan fingerprint density at radius 3 is 2.44 bits per heavy atom. The monoisotopic (exact) mass is 374 g/mol. The fourth-order valence-electron chi connectivity index (χ4n) is 3.28. The smallest absolute Gasteiger partial charge is 0.171 e. The summed E-state index contributed by atoms with van der Waals surface area (Å²) >= 11 is 7.36. The van der Waals surface area contributed by atoms with Crippen LogP contribution in [0, 0.1) is 0 Å². The highest BCUT2D eigenvalue weighted by atomic mass is 32.1. The van der Waals surface area contributed by atoms with E-state index in [1.807, 2.05) is 41.7 Å². The van der Waals surface area contributed by atoms with E-state index >= 15 is 0 Å². The van der Waals surface area contributed by atoms with Gasteiger partial charge in [0, 0.05) is 42.8 Å². The van der Waals surface area contributed by atoms with Crippen LogP contribution < -0.4 is 10.6 Å². The van der Waals surface area contributed by atoms with E-state index in [0.29, 0.717) is 11.2 Å². The van der Waals surface area contributed by atoms with Crippen LogP contribution in [0.4, 0.5) is 5.69 Å². The van der Waals surface area contributed by atoms with Crippen LogP contribution >= 0.6 is 23.6 Å². The Morgan fingerprint density at radius 2 is 1.80 bits per heavy atom. The van der Waals surface area contributed by atoms with Crippen LogP contribution in [0.1, 0.15) is 17.8 Å².